The zero-order valence-electron chi connectivity index (χ0n) is 13.6. The molecule has 0 spiro atoms. The molecule has 0 aliphatic carbocycles. The van der Waals surface area contributed by atoms with Crippen molar-refractivity contribution in [3.05, 3.63) is 47.3 Å². The van der Waals surface area contributed by atoms with Gasteiger partial charge in [0.15, 0.2) is 0 Å². The van der Waals surface area contributed by atoms with Gasteiger partial charge in [-0.15, -0.1) is 0 Å². The molecule has 118 valence electrons. The highest BCUT2D eigenvalue weighted by atomic mass is 16.2. The van der Waals surface area contributed by atoms with Crippen molar-refractivity contribution in [1.82, 2.24) is 15.1 Å². The molecular weight excluding hydrogens is 276 g/mol. The summed E-state index contributed by atoms with van der Waals surface area (Å²) in [7, 11) is 0. The predicted octanol–water partition coefficient (Wildman–Crippen LogP) is 2.40. The molecular formula is C17H24N4O. The first-order valence-corrected chi connectivity index (χ1v) is 7.62. The van der Waals surface area contributed by atoms with E-state index >= 15 is 0 Å². The zero-order chi connectivity index (χ0) is 16.3. The van der Waals surface area contributed by atoms with E-state index in [0.717, 1.165) is 22.6 Å². The maximum absolute atomic E-state index is 11.8. The minimum atomic E-state index is -0.448. The van der Waals surface area contributed by atoms with Gasteiger partial charge in [0.25, 0.3) is 0 Å². The molecule has 0 aliphatic heterocycles. The number of carbonyl (C=O) groups excluding carboxylic acids is 1. The lowest BCUT2D eigenvalue weighted by molar-refractivity contribution is -0.123. The van der Waals surface area contributed by atoms with Crippen LogP contribution in [0, 0.1) is 13.8 Å². The predicted molar refractivity (Wildman–Crippen MR) is 87.9 cm³/mol. The Balaban J connectivity index is 2.11. The maximum atomic E-state index is 11.8. The molecule has 2 rings (SSSR count). The highest BCUT2D eigenvalue weighted by molar-refractivity contribution is 5.81. The average Bonchev–Trinajstić information content (AvgIpc) is 2.85. The van der Waals surface area contributed by atoms with Crippen LogP contribution >= 0.6 is 0 Å². The van der Waals surface area contributed by atoms with Gasteiger partial charge in [0, 0.05) is 5.69 Å². The number of carbonyl (C=O) groups is 1. The van der Waals surface area contributed by atoms with Gasteiger partial charge in [0.2, 0.25) is 5.91 Å². The standard InChI is InChI=1S/C17H24N4O/c1-5-16(18)17(22)19-13(4)14-6-8-15(9-7-14)21-12(3)10-11(2)20-21/h6-10,13,16H,5,18H2,1-4H3,(H,19,22)/t13?,16-/m0/s1. The highest BCUT2D eigenvalue weighted by Crippen LogP contribution is 2.17. The van der Waals surface area contributed by atoms with Gasteiger partial charge in [0.05, 0.1) is 23.5 Å². The number of nitrogens with one attached hydrogen (secondary N) is 1. The van der Waals surface area contributed by atoms with Gasteiger partial charge in [-0.25, -0.2) is 4.68 Å². The van der Waals surface area contributed by atoms with Crippen molar-refractivity contribution in [2.24, 2.45) is 5.73 Å². The number of benzene rings is 1. The third-order valence-corrected chi connectivity index (χ3v) is 3.78. The number of nitrogens with zero attached hydrogens (tertiary/aromatic N) is 2. The molecule has 2 atom stereocenters. The van der Waals surface area contributed by atoms with Gasteiger partial charge < -0.3 is 11.1 Å². The number of hydrogen-bond acceptors (Lipinski definition) is 3. The molecule has 2 aromatic rings. The molecule has 5 heteroatoms. The largest absolute Gasteiger partial charge is 0.348 e. The van der Waals surface area contributed by atoms with E-state index in [9.17, 15) is 4.79 Å². The van der Waals surface area contributed by atoms with Crippen LogP contribution in [0.2, 0.25) is 0 Å². The monoisotopic (exact) mass is 300 g/mol. The van der Waals surface area contributed by atoms with Gasteiger partial charge in [-0.3, -0.25) is 4.79 Å². The van der Waals surface area contributed by atoms with E-state index in [2.05, 4.69) is 10.4 Å². The molecule has 1 heterocycles. The molecule has 0 saturated heterocycles. The van der Waals surface area contributed by atoms with Gasteiger partial charge in [-0.2, -0.15) is 5.10 Å². The number of amides is 1. The number of aromatic nitrogens is 2. The first-order valence-electron chi connectivity index (χ1n) is 7.62. The summed E-state index contributed by atoms with van der Waals surface area (Å²) in [6.45, 7) is 7.87. The Morgan fingerprint density at radius 1 is 1.32 bits per heavy atom. The summed E-state index contributed by atoms with van der Waals surface area (Å²) in [5, 5.41) is 7.40. The number of rotatable bonds is 5. The summed E-state index contributed by atoms with van der Waals surface area (Å²) in [6.07, 6.45) is 0.634. The molecule has 1 aromatic heterocycles. The molecule has 0 fully saturated rings. The summed E-state index contributed by atoms with van der Waals surface area (Å²) in [6, 6.07) is 9.57. The van der Waals surface area contributed by atoms with Gasteiger partial charge in [0.1, 0.15) is 0 Å². The van der Waals surface area contributed by atoms with Crippen LogP contribution in [0.25, 0.3) is 5.69 Å². The number of aryl methyl sites for hydroxylation is 2. The van der Waals surface area contributed by atoms with E-state index in [1.807, 2.05) is 62.7 Å². The average molecular weight is 300 g/mol. The van der Waals surface area contributed by atoms with Gasteiger partial charge in [-0.05, 0) is 51.0 Å². The Labute approximate surface area is 131 Å². The quantitative estimate of drug-likeness (QED) is 0.890. The van der Waals surface area contributed by atoms with Crippen LogP contribution in [-0.2, 0) is 4.79 Å². The second-order valence-electron chi connectivity index (χ2n) is 5.68. The minimum Gasteiger partial charge on any atom is -0.348 e. The second-order valence-corrected chi connectivity index (χ2v) is 5.68. The smallest absolute Gasteiger partial charge is 0.237 e. The molecule has 1 amide bonds. The van der Waals surface area contributed by atoms with Crippen LogP contribution < -0.4 is 11.1 Å². The van der Waals surface area contributed by atoms with Crippen LogP contribution in [-0.4, -0.2) is 21.7 Å². The Kier molecular flexibility index (Phi) is 4.98. The minimum absolute atomic E-state index is 0.0698. The third kappa shape index (κ3) is 3.54. The molecule has 0 saturated carbocycles. The third-order valence-electron chi connectivity index (χ3n) is 3.78. The van der Waals surface area contributed by atoms with E-state index in [-0.39, 0.29) is 11.9 Å². The van der Waals surface area contributed by atoms with Crippen molar-refractivity contribution in [2.45, 2.75) is 46.2 Å². The van der Waals surface area contributed by atoms with E-state index in [0.29, 0.717) is 6.42 Å². The molecule has 0 aliphatic rings. The molecule has 0 bridgehead atoms. The molecule has 22 heavy (non-hydrogen) atoms. The Hall–Kier alpha value is -2.14. The summed E-state index contributed by atoms with van der Waals surface area (Å²) < 4.78 is 1.91. The van der Waals surface area contributed by atoms with Crippen LogP contribution in [0.15, 0.2) is 30.3 Å². The normalized spacial score (nSPS) is 13.7. The fourth-order valence-corrected chi connectivity index (χ4v) is 2.38. The van der Waals surface area contributed by atoms with E-state index in [1.165, 1.54) is 0 Å². The Bertz CT molecular complexity index is 645. The summed E-state index contributed by atoms with van der Waals surface area (Å²) in [4.78, 5) is 11.8. The first-order chi connectivity index (χ1) is 10.4. The molecule has 0 radical (unpaired) electrons. The Morgan fingerprint density at radius 3 is 2.45 bits per heavy atom. The van der Waals surface area contributed by atoms with Crippen molar-refractivity contribution >= 4 is 5.91 Å². The van der Waals surface area contributed by atoms with Crippen LogP contribution in [0.3, 0.4) is 0 Å². The van der Waals surface area contributed by atoms with Crippen molar-refractivity contribution in [2.75, 3.05) is 0 Å². The van der Waals surface area contributed by atoms with Crippen molar-refractivity contribution in [1.29, 1.82) is 0 Å². The zero-order valence-corrected chi connectivity index (χ0v) is 13.6. The van der Waals surface area contributed by atoms with E-state index < -0.39 is 6.04 Å². The van der Waals surface area contributed by atoms with Crippen LogP contribution in [0.1, 0.15) is 43.3 Å². The van der Waals surface area contributed by atoms with Crippen molar-refractivity contribution in [3.63, 3.8) is 0 Å². The van der Waals surface area contributed by atoms with Crippen molar-refractivity contribution < 1.29 is 4.79 Å². The fraction of sp³-hybridized carbons (Fsp3) is 0.412. The molecule has 5 nitrogen and oxygen atoms in total. The topological polar surface area (TPSA) is 72.9 Å². The number of hydrogen-bond donors (Lipinski definition) is 2. The molecule has 3 N–H and O–H groups in total. The van der Waals surface area contributed by atoms with Crippen LogP contribution in [0.5, 0.6) is 0 Å². The lowest BCUT2D eigenvalue weighted by atomic mass is 10.1. The lowest BCUT2D eigenvalue weighted by Crippen LogP contribution is -2.41. The highest BCUT2D eigenvalue weighted by Gasteiger charge is 2.15. The van der Waals surface area contributed by atoms with Crippen molar-refractivity contribution in [3.8, 4) is 5.69 Å². The molecule has 1 aromatic carbocycles. The van der Waals surface area contributed by atoms with Crippen LogP contribution in [0.4, 0.5) is 0 Å². The fourth-order valence-electron chi connectivity index (χ4n) is 2.38. The lowest BCUT2D eigenvalue weighted by Gasteiger charge is -2.17. The summed E-state index contributed by atoms with van der Waals surface area (Å²) in [5.74, 6) is -0.113. The number of nitrogens with two attached hydrogens (primary N) is 1. The second kappa shape index (κ2) is 6.75. The summed E-state index contributed by atoms with van der Waals surface area (Å²) >= 11 is 0. The Morgan fingerprint density at radius 2 is 1.95 bits per heavy atom. The van der Waals surface area contributed by atoms with E-state index in [4.69, 9.17) is 5.73 Å². The van der Waals surface area contributed by atoms with Gasteiger partial charge >= 0.3 is 0 Å². The maximum Gasteiger partial charge on any atom is 0.237 e. The van der Waals surface area contributed by atoms with E-state index in [1.54, 1.807) is 0 Å². The molecule has 1 unspecified atom stereocenters. The first kappa shape index (κ1) is 16.2. The SMILES string of the molecule is CC[C@H](N)C(=O)NC(C)c1ccc(-n2nc(C)cc2C)cc1. The van der Waals surface area contributed by atoms with Gasteiger partial charge in [-0.1, -0.05) is 19.1 Å². The summed E-state index contributed by atoms with van der Waals surface area (Å²) in [5.41, 5.74) is 9.89.